The number of nitriles is 1. The molecule has 2 rings (SSSR count). The Morgan fingerprint density at radius 3 is 3.20 bits per heavy atom. The number of nitrogens with one attached hydrogen (secondary N) is 1. The van der Waals surface area contributed by atoms with E-state index in [0.717, 1.165) is 25.2 Å². The lowest BCUT2D eigenvalue weighted by Gasteiger charge is -2.14. The third kappa shape index (κ3) is 2.25. The van der Waals surface area contributed by atoms with Crippen LogP contribution >= 0.6 is 0 Å². The number of pyridine rings is 1. The van der Waals surface area contributed by atoms with Crippen molar-refractivity contribution in [3.8, 4) is 6.07 Å². The van der Waals surface area contributed by atoms with E-state index in [4.69, 9.17) is 5.26 Å². The standard InChI is InChI=1S/C11H14N4/c1-15-5-3-10(8-15)14-11-7-13-4-2-9(11)6-12/h2,4,7,10,14H,3,5,8H2,1H3. The van der Waals surface area contributed by atoms with Gasteiger partial charge >= 0.3 is 0 Å². The molecule has 4 heteroatoms. The molecular formula is C11H14N4. The third-order valence-electron chi connectivity index (χ3n) is 2.69. The molecule has 0 spiro atoms. The van der Waals surface area contributed by atoms with Crippen LogP contribution in [0.25, 0.3) is 0 Å². The topological polar surface area (TPSA) is 52.0 Å². The molecule has 0 saturated carbocycles. The second-order valence-corrected chi connectivity index (χ2v) is 3.93. The first-order valence-corrected chi connectivity index (χ1v) is 5.09. The summed E-state index contributed by atoms with van der Waals surface area (Å²) >= 11 is 0. The van der Waals surface area contributed by atoms with E-state index in [1.54, 1.807) is 18.5 Å². The van der Waals surface area contributed by atoms with Gasteiger partial charge in [-0.05, 0) is 26.1 Å². The van der Waals surface area contributed by atoms with E-state index >= 15 is 0 Å². The molecule has 1 saturated heterocycles. The van der Waals surface area contributed by atoms with Gasteiger partial charge in [-0.15, -0.1) is 0 Å². The number of likely N-dealkylation sites (N-methyl/N-ethyl adjacent to an activating group) is 1. The molecule has 4 nitrogen and oxygen atoms in total. The lowest BCUT2D eigenvalue weighted by atomic mass is 10.2. The van der Waals surface area contributed by atoms with Crippen LogP contribution in [0, 0.1) is 11.3 Å². The molecule has 0 aliphatic carbocycles. The highest BCUT2D eigenvalue weighted by molar-refractivity contribution is 5.56. The molecule has 1 unspecified atom stereocenters. The smallest absolute Gasteiger partial charge is 0.101 e. The van der Waals surface area contributed by atoms with Crippen LogP contribution in [0.3, 0.4) is 0 Å². The second kappa shape index (κ2) is 4.28. The molecule has 1 aliphatic heterocycles. The molecule has 1 aromatic rings. The zero-order valence-electron chi connectivity index (χ0n) is 8.77. The zero-order valence-corrected chi connectivity index (χ0v) is 8.77. The first-order valence-electron chi connectivity index (χ1n) is 5.09. The van der Waals surface area contributed by atoms with E-state index in [2.05, 4.69) is 28.3 Å². The lowest BCUT2D eigenvalue weighted by Crippen LogP contribution is -2.23. The molecule has 0 bridgehead atoms. The van der Waals surface area contributed by atoms with Crippen molar-refractivity contribution in [1.29, 1.82) is 5.26 Å². The van der Waals surface area contributed by atoms with E-state index in [1.807, 2.05) is 0 Å². The summed E-state index contributed by atoms with van der Waals surface area (Å²) in [6.07, 6.45) is 4.48. The zero-order chi connectivity index (χ0) is 10.7. The monoisotopic (exact) mass is 202 g/mol. The van der Waals surface area contributed by atoms with Gasteiger partial charge in [-0.1, -0.05) is 0 Å². The minimum atomic E-state index is 0.436. The molecule has 0 aromatic carbocycles. The molecular weight excluding hydrogens is 188 g/mol. The number of rotatable bonds is 2. The molecule has 0 amide bonds. The van der Waals surface area contributed by atoms with Crippen LogP contribution in [0.2, 0.25) is 0 Å². The summed E-state index contributed by atoms with van der Waals surface area (Å²) in [5.41, 5.74) is 1.51. The lowest BCUT2D eigenvalue weighted by molar-refractivity contribution is 0.414. The summed E-state index contributed by atoms with van der Waals surface area (Å²) in [6, 6.07) is 4.34. The van der Waals surface area contributed by atoms with Crippen LogP contribution in [0.5, 0.6) is 0 Å². The summed E-state index contributed by atoms with van der Waals surface area (Å²) in [5.74, 6) is 0. The number of hydrogen-bond acceptors (Lipinski definition) is 4. The largest absolute Gasteiger partial charge is 0.379 e. The van der Waals surface area contributed by atoms with Crippen molar-refractivity contribution in [3.63, 3.8) is 0 Å². The molecule has 1 fully saturated rings. The molecule has 1 atom stereocenters. The Hall–Kier alpha value is -1.60. The van der Waals surface area contributed by atoms with Crippen molar-refractivity contribution < 1.29 is 0 Å². The molecule has 0 radical (unpaired) electrons. The molecule has 1 aromatic heterocycles. The highest BCUT2D eigenvalue weighted by atomic mass is 15.2. The second-order valence-electron chi connectivity index (χ2n) is 3.93. The Morgan fingerprint density at radius 1 is 1.67 bits per heavy atom. The number of hydrogen-bond donors (Lipinski definition) is 1. The van der Waals surface area contributed by atoms with Gasteiger partial charge in [0.05, 0.1) is 17.4 Å². The summed E-state index contributed by atoms with van der Waals surface area (Å²) in [4.78, 5) is 6.31. The van der Waals surface area contributed by atoms with Crippen LogP contribution in [0.4, 0.5) is 5.69 Å². The van der Waals surface area contributed by atoms with Crippen molar-refractivity contribution in [2.24, 2.45) is 0 Å². The van der Waals surface area contributed by atoms with E-state index in [9.17, 15) is 0 Å². The van der Waals surface area contributed by atoms with Crippen LogP contribution in [0.1, 0.15) is 12.0 Å². The first-order chi connectivity index (χ1) is 7.29. The Labute approximate surface area is 89.5 Å². The van der Waals surface area contributed by atoms with Crippen molar-refractivity contribution in [3.05, 3.63) is 24.0 Å². The minimum Gasteiger partial charge on any atom is -0.379 e. The van der Waals surface area contributed by atoms with Crippen molar-refractivity contribution in [2.75, 3.05) is 25.5 Å². The Balaban J connectivity index is 2.08. The number of nitrogens with zero attached hydrogens (tertiary/aromatic N) is 3. The van der Waals surface area contributed by atoms with Gasteiger partial charge in [-0.2, -0.15) is 5.26 Å². The Bertz CT molecular complexity index is 382. The highest BCUT2D eigenvalue weighted by Crippen LogP contribution is 2.17. The summed E-state index contributed by atoms with van der Waals surface area (Å²) in [6.45, 7) is 2.14. The average Bonchev–Trinajstić information content (AvgIpc) is 2.65. The maximum absolute atomic E-state index is 8.92. The van der Waals surface area contributed by atoms with Gasteiger partial charge in [0.25, 0.3) is 0 Å². The van der Waals surface area contributed by atoms with Gasteiger partial charge in [0.15, 0.2) is 0 Å². The van der Waals surface area contributed by atoms with Gasteiger partial charge in [0, 0.05) is 18.8 Å². The summed E-state index contributed by atoms with van der Waals surface area (Å²) < 4.78 is 0. The predicted molar refractivity (Wildman–Crippen MR) is 58.5 cm³/mol. The summed E-state index contributed by atoms with van der Waals surface area (Å²) in [7, 11) is 2.11. The SMILES string of the molecule is CN1CCC(Nc2cnccc2C#N)C1. The van der Waals surface area contributed by atoms with Crippen molar-refractivity contribution >= 4 is 5.69 Å². The minimum absolute atomic E-state index is 0.436. The van der Waals surface area contributed by atoms with Gasteiger partial charge in [0.1, 0.15) is 6.07 Å². The van der Waals surface area contributed by atoms with E-state index in [1.165, 1.54) is 0 Å². The fraction of sp³-hybridized carbons (Fsp3) is 0.455. The Kier molecular flexibility index (Phi) is 2.84. The molecule has 1 aliphatic rings. The Morgan fingerprint density at radius 2 is 2.53 bits per heavy atom. The highest BCUT2D eigenvalue weighted by Gasteiger charge is 2.19. The molecule has 15 heavy (non-hydrogen) atoms. The normalized spacial score (nSPS) is 21.2. The van der Waals surface area contributed by atoms with E-state index < -0.39 is 0 Å². The van der Waals surface area contributed by atoms with Gasteiger partial charge in [-0.25, -0.2) is 0 Å². The quantitative estimate of drug-likeness (QED) is 0.779. The van der Waals surface area contributed by atoms with E-state index in [-0.39, 0.29) is 0 Å². The van der Waals surface area contributed by atoms with Gasteiger partial charge in [0.2, 0.25) is 0 Å². The maximum Gasteiger partial charge on any atom is 0.101 e. The predicted octanol–water partition coefficient (Wildman–Crippen LogP) is 1.07. The van der Waals surface area contributed by atoms with Crippen LogP contribution in [-0.4, -0.2) is 36.1 Å². The number of likely N-dealkylation sites (tertiary alicyclic amines) is 1. The fourth-order valence-electron chi connectivity index (χ4n) is 1.88. The first kappa shape index (κ1) is 9.94. The van der Waals surface area contributed by atoms with Gasteiger partial charge < -0.3 is 10.2 Å². The average molecular weight is 202 g/mol. The van der Waals surface area contributed by atoms with E-state index in [0.29, 0.717) is 11.6 Å². The van der Waals surface area contributed by atoms with Crippen molar-refractivity contribution in [1.82, 2.24) is 9.88 Å². The van der Waals surface area contributed by atoms with Crippen molar-refractivity contribution in [2.45, 2.75) is 12.5 Å². The van der Waals surface area contributed by atoms with Crippen LogP contribution in [-0.2, 0) is 0 Å². The summed E-state index contributed by atoms with van der Waals surface area (Å²) in [5, 5.41) is 12.3. The number of aromatic nitrogens is 1. The third-order valence-corrected chi connectivity index (χ3v) is 2.69. The van der Waals surface area contributed by atoms with Crippen LogP contribution < -0.4 is 5.32 Å². The molecule has 1 N–H and O–H groups in total. The molecule has 2 heterocycles. The number of anilines is 1. The maximum atomic E-state index is 8.92. The van der Waals surface area contributed by atoms with Gasteiger partial charge in [-0.3, -0.25) is 4.98 Å². The fourth-order valence-corrected chi connectivity index (χ4v) is 1.88. The van der Waals surface area contributed by atoms with Crippen LogP contribution in [0.15, 0.2) is 18.5 Å². The molecule has 78 valence electrons.